The van der Waals surface area contributed by atoms with E-state index < -0.39 is 0 Å². The largest absolute Gasteiger partial charge is 0.376 e. The van der Waals surface area contributed by atoms with Crippen LogP contribution in [-0.2, 0) is 23.8 Å². The zero-order valence-electron chi connectivity index (χ0n) is 14.7. The van der Waals surface area contributed by atoms with Crippen LogP contribution in [0.1, 0.15) is 0 Å². The lowest BCUT2D eigenvalue weighted by Crippen LogP contribution is -2.29. The monoisotopic (exact) mass is 361 g/mol. The van der Waals surface area contributed by atoms with E-state index in [9.17, 15) is 9.59 Å². The van der Waals surface area contributed by atoms with E-state index in [4.69, 9.17) is 14.2 Å². The molecular weight excluding hydrogens is 338 g/mol. The number of epoxide rings is 2. The summed E-state index contributed by atoms with van der Waals surface area (Å²) in [5.41, 5.74) is 1.89. The fraction of sp³-hybridized carbons (Fsp3) is 0.667. The zero-order chi connectivity index (χ0) is 17.7. The minimum Gasteiger partial charge on any atom is -0.376 e. The van der Waals surface area contributed by atoms with E-state index in [1.165, 1.54) is 6.08 Å². The van der Waals surface area contributed by atoms with Gasteiger partial charge in [-0.3, -0.25) is 9.59 Å². The molecule has 0 N–H and O–H groups in total. The molecule has 1 aliphatic carbocycles. The van der Waals surface area contributed by atoms with Crippen LogP contribution in [0.5, 0.6) is 0 Å². The number of ether oxygens (including phenoxy) is 3. The summed E-state index contributed by atoms with van der Waals surface area (Å²) in [6.45, 7) is 8.67. The van der Waals surface area contributed by atoms with Gasteiger partial charge in [0.2, 0.25) is 11.6 Å². The Kier molecular flexibility index (Phi) is 3.99. The third-order valence-electron chi connectivity index (χ3n) is 4.90. The standard InChI is InChI=1S/C12H13N3O2.C6H10O3/c16-9-7-8(13-1-2-13)12(17)11(15-5-6-15)10(9)14-3-4-14;1(5-3-8-5)7-2-6-4-9-6/h7H,1-6H2;5-6H,1-4H2. The number of carbonyl (C=O) groups excluding carboxylic acids is 2. The Bertz CT molecular complexity index is 671. The van der Waals surface area contributed by atoms with Crippen LogP contribution in [0.3, 0.4) is 0 Å². The Labute approximate surface area is 151 Å². The molecule has 0 aromatic heterocycles. The van der Waals surface area contributed by atoms with Crippen LogP contribution in [0.4, 0.5) is 0 Å². The fourth-order valence-electron chi connectivity index (χ4n) is 2.94. The first-order valence-corrected chi connectivity index (χ1v) is 9.31. The van der Waals surface area contributed by atoms with Gasteiger partial charge in [-0.25, -0.2) is 0 Å². The van der Waals surface area contributed by atoms with Crippen molar-refractivity contribution in [2.45, 2.75) is 12.2 Å². The summed E-state index contributed by atoms with van der Waals surface area (Å²) >= 11 is 0. The van der Waals surface area contributed by atoms with Gasteiger partial charge in [-0.05, 0) is 0 Å². The number of hydrogen-bond acceptors (Lipinski definition) is 8. The van der Waals surface area contributed by atoms with E-state index in [0.717, 1.165) is 65.7 Å². The van der Waals surface area contributed by atoms with Crippen molar-refractivity contribution in [3.63, 3.8) is 0 Å². The predicted molar refractivity (Wildman–Crippen MR) is 90.1 cm³/mol. The highest BCUT2D eigenvalue weighted by Crippen LogP contribution is 2.33. The average molecular weight is 361 g/mol. The number of allylic oxidation sites excluding steroid dienone is 1. The van der Waals surface area contributed by atoms with Crippen molar-refractivity contribution < 1.29 is 23.8 Å². The van der Waals surface area contributed by atoms with Crippen molar-refractivity contribution in [2.24, 2.45) is 0 Å². The summed E-state index contributed by atoms with van der Waals surface area (Å²) in [5.74, 6) is 0.0485. The number of rotatable bonds is 7. The molecule has 0 saturated carbocycles. The van der Waals surface area contributed by atoms with Gasteiger partial charge in [-0.2, -0.15) is 0 Å². The lowest BCUT2D eigenvalue weighted by atomic mass is 10.0. The number of nitrogens with zero attached hydrogens (tertiary/aromatic N) is 3. The second kappa shape index (κ2) is 6.37. The van der Waals surface area contributed by atoms with Crippen molar-refractivity contribution >= 4 is 11.6 Å². The average Bonchev–Trinajstić information content (AvgIpc) is 3.40. The Hall–Kier alpha value is -1.90. The maximum atomic E-state index is 12.4. The van der Waals surface area contributed by atoms with E-state index in [-0.39, 0.29) is 11.6 Å². The van der Waals surface area contributed by atoms with Crippen molar-refractivity contribution in [3.05, 3.63) is 23.2 Å². The molecule has 26 heavy (non-hydrogen) atoms. The summed E-state index contributed by atoms with van der Waals surface area (Å²) in [4.78, 5) is 30.5. The molecule has 5 saturated heterocycles. The van der Waals surface area contributed by atoms with Crippen LogP contribution in [0.2, 0.25) is 0 Å². The second-order valence-electron chi connectivity index (χ2n) is 7.33. The van der Waals surface area contributed by atoms with Gasteiger partial charge in [-0.1, -0.05) is 0 Å². The molecular formula is C18H23N3O5. The van der Waals surface area contributed by atoms with Gasteiger partial charge in [-0.15, -0.1) is 0 Å². The molecule has 5 fully saturated rings. The zero-order valence-corrected chi connectivity index (χ0v) is 14.7. The van der Waals surface area contributed by atoms with Crippen molar-refractivity contribution in [2.75, 3.05) is 65.7 Å². The number of carbonyl (C=O) groups is 2. The molecule has 6 aliphatic rings. The molecule has 140 valence electrons. The van der Waals surface area contributed by atoms with Crippen LogP contribution in [0.15, 0.2) is 23.2 Å². The van der Waals surface area contributed by atoms with Gasteiger partial charge in [0.15, 0.2) is 0 Å². The van der Waals surface area contributed by atoms with E-state index in [2.05, 4.69) is 0 Å². The van der Waals surface area contributed by atoms with Crippen LogP contribution in [0.25, 0.3) is 0 Å². The molecule has 8 nitrogen and oxygen atoms in total. The van der Waals surface area contributed by atoms with Crippen LogP contribution >= 0.6 is 0 Å². The maximum Gasteiger partial charge on any atom is 0.227 e. The molecule has 0 spiro atoms. The summed E-state index contributed by atoms with van der Waals surface area (Å²) in [5, 5.41) is 0. The molecule has 0 radical (unpaired) electrons. The van der Waals surface area contributed by atoms with Gasteiger partial charge in [0.1, 0.15) is 23.6 Å². The molecule has 5 heterocycles. The summed E-state index contributed by atoms with van der Waals surface area (Å²) in [6, 6.07) is 0. The van der Waals surface area contributed by atoms with E-state index in [0.29, 0.717) is 29.3 Å². The van der Waals surface area contributed by atoms with Crippen LogP contribution in [0, 0.1) is 0 Å². The SMILES string of the molecule is C(OCC1CO1)C1CO1.O=C1C=C(N2CC2)C(=O)C(N2CC2)=C1N1CC1. The van der Waals surface area contributed by atoms with E-state index in [1.807, 2.05) is 14.7 Å². The third-order valence-corrected chi connectivity index (χ3v) is 4.90. The Morgan fingerprint density at radius 2 is 1.35 bits per heavy atom. The number of ketones is 2. The molecule has 8 heteroatoms. The Morgan fingerprint density at radius 1 is 0.846 bits per heavy atom. The lowest BCUT2D eigenvalue weighted by molar-refractivity contribution is -0.117. The first-order valence-electron chi connectivity index (χ1n) is 9.31. The predicted octanol–water partition coefficient (Wildman–Crippen LogP) is -1.02. The molecule has 5 aliphatic heterocycles. The number of hydrogen-bond donors (Lipinski definition) is 0. The summed E-state index contributed by atoms with van der Waals surface area (Å²) in [6.07, 6.45) is 2.31. The van der Waals surface area contributed by atoms with Gasteiger partial charge in [0, 0.05) is 45.3 Å². The molecule has 2 unspecified atom stereocenters. The Morgan fingerprint density at radius 3 is 1.81 bits per heavy atom. The number of Topliss-reactive ketones (excluding diaryl/α,β-unsaturated/α-hetero) is 1. The molecule has 0 aromatic carbocycles. The lowest BCUT2D eigenvalue weighted by Gasteiger charge is -2.21. The first kappa shape index (κ1) is 16.3. The van der Waals surface area contributed by atoms with Gasteiger partial charge < -0.3 is 28.9 Å². The van der Waals surface area contributed by atoms with Crippen LogP contribution in [-0.4, -0.2) is 104 Å². The smallest absolute Gasteiger partial charge is 0.227 e. The van der Waals surface area contributed by atoms with Crippen molar-refractivity contribution in [1.29, 1.82) is 0 Å². The van der Waals surface area contributed by atoms with Crippen LogP contribution < -0.4 is 0 Å². The third kappa shape index (κ3) is 3.77. The van der Waals surface area contributed by atoms with E-state index >= 15 is 0 Å². The molecule has 0 aromatic rings. The summed E-state index contributed by atoms with van der Waals surface area (Å²) in [7, 11) is 0. The normalized spacial score (nSPS) is 30.8. The summed E-state index contributed by atoms with van der Waals surface area (Å²) < 4.78 is 15.1. The Balaban J connectivity index is 0.000000141. The van der Waals surface area contributed by atoms with Crippen molar-refractivity contribution in [1.82, 2.24) is 14.7 Å². The molecule has 2 atom stereocenters. The quantitative estimate of drug-likeness (QED) is 0.421. The molecule has 0 amide bonds. The molecule has 0 bridgehead atoms. The topological polar surface area (TPSA) is 77.5 Å². The van der Waals surface area contributed by atoms with E-state index in [1.54, 1.807) is 0 Å². The highest BCUT2D eigenvalue weighted by Gasteiger charge is 2.43. The first-order chi connectivity index (χ1) is 12.7. The maximum absolute atomic E-state index is 12.4. The highest BCUT2D eigenvalue weighted by molar-refractivity contribution is 6.22. The minimum absolute atomic E-state index is 0.00546. The van der Waals surface area contributed by atoms with Gasteiger partial charge in [0.25, 0.3) is 0 Å². The van der Waals surface area contributed by atoms with Crippen molar-refractivity contribution in [3.8, 4) is 0 Å². The van der Waals surface area contributed by atoms with Gasteiger partial charge >= 0.3 is 0 Å². The molecule has 6 rings (SSSR count). The highest BCUT2D eigenvalue weighted by atomic mass is 16.6. The second-order valence-corrected chi connectivity index (χ2v) is 7.33. The minimum atomic E-state index is 0.00546. The fourth-order valence-corrected chi connectivity index (χ4v) is 2.94. The van der Waals surface area contributed by atoms with Gasteiger partial charge in [0.05, 0.1) is 32.1 Å².